The Morgan fingerprint density at radius 1 is 1.00 bits per heavy atom. The summed E-state index contributed by atoms with van der Waals surface area (Å²) in [5.41, 5.74) is 1.78. The number of ether oxygens (including phenoxy) is 2. The van der Waals surface area contributed by atoms with Crippen LogP contribution in [0.25, 0.3) is 10.8 Å². The molecule has 0 saturated heterocycles. The standard InChI is InChI=1S/C24H23N5O4/c1-32-21-10-9-17(12-22(21)33-2)27-24(31)26-14-20-18-7-3-4-8-19(18)23(30)29(28-20)15-16-6-5-11-25-13-16/h3-13H,14-15H2,1-2H3,(H2,26,27,31). The molecule has 2 aromatic heterocycles. The third-order valence-corrected chi connectivity index (χ3v) is 5.06. The van der Waals surface area contributed by atoms with Gasteiger partial charge in [-0.25, -0.2) is 9.48 Å². The Hall–Kier alpha value is -4.40. The summed E-state index contributed by atoms with van der Waals surface area (Å²) in [4.78, 5) is 29.5. The minimum Gasteiger partial charge on any atom is -0.493 e. The van der Waals surface area contributed by atoms with Crippen molar-refractivity contribution in [2.45, 2.75) is 13.1 Å². The van der Waals surface area contributed by atoms with Gasteiger partial charge in [-0.05, 0) is 29.8 Å². The van der Waals surface area contributed by atoms with Gasteiger partial charge in [0.25, 0.3) is 5.56 Å². The highest BCUT2D eigenvalue weighted by Gasteiger charge is 2.13. The lowest BCUT2D eigenvalue weighted by Gasteiger charge is -2.13. The molecular weight excluding hydrogens is 422 g/mol. The van der Waals surface area contributed by atoms with Crippen LogP contribution in [-0.4, -0.2) is 35.0 Å². The molecular formula is C24H23N5O4. The van der Waals surface area contributed by atoms with Crippen LogP contribution >= 0.6 is 0 Å². The molecule has 9 heteroatoms. The molecule has 0 aliphatic carbocycles. The van der Waals surface area contributed by atoms with Crippen LogP contribution in [0.1, 0.15) is 11.3 Å². The third kappa shape index (κ3) is 4.93. The second-order valence-corrected chi connectivity index (χ2v) is 7.19. The van der Waals surface area contributed by atoms with E-state index in [9.17, 15) is 9.59 Å². The number of methoxy groups -OCH3 is 2. The van der Waals surface area contributed by atoms with Crippen LogP contribution in [-0.2, 0) is 13.1 Å². The molecule has 2 aromatic carbocycles. The predicted octanol–water partition coefficient (Wildman–Crippen LogP) is 3.18. The summed E-state index contributed by atoms with van der Waals surface area (Å²) in [6, 6.07) is 15.6. The number of anilines is 1. The van der Waals surface area contributed by atoms with Gasteiger partial charge in [-0.3, -0.25) is 9.78 Å². The Bertz CT molecular complexity index is 1340. The van der Waals surface area contributed by atoms with E-state index in [4.69, 9.17) is 9.47 Å². The SMILES string of the molecule is COc1ccc(NC(=O)NCc2nn(Cc3cccnc3)c(=O)c3ccccc23)cc1OC. The van der Waals surface area contributed by atoms with Crippen LogP contribution in [0.3, 0.4) is 0 Å². The first-order valence-corrected chi connectivity index (χ1v) is 10.2. The topological polar surface area (TPSA) is 107 Å². The molecule has 0 radical (unpaired) electrons. The fourth-order valence-electron chi connectivity index (χ4n) is 3.46. The van der Waals surface area contributed by atoms with Gasteiger partial charge < -0.3 is 20.1 Å². The molecule has 0 aliphatic heterocycles. The Morgan fingerprint density at radius 3 is 2.52 bits per heavy atom. The molecule has 0 atom stereocenters. The van der Waals surface area contributed by atoms with Gasteiger partial charge in [0.15, 0.2) is 11.5 Å². The number of pyridine rings is 1. The number of amides is 2. The van der Waals surface area contributed by atoms with Crippen molar-refractivity contribution in [3.8, 4) is 11.5 Å². The van der Waals surface area contributed by atoms with Crippen LogP contribution in [0.5, 0.6) is 11.5 Å². The molecule has 4 aromatic rings. The number of hydrogen-bond acceptors (Lipinski definition) is 6. The number of carbonyl (C=O) groups excluding carboxylic acids is 1. The molecule has 0 unspecified atom stereocenters. The van der Waals surface area contributed by atoms with Crippen molar-refractivity contribution < 1.29 is 14.3 Å². The average Bonchev–Trinajstić information content (AvgIpc) is 2.85. The van der Waals surface area contributed by atoms with Crippen molar-refractivity contribution in [3.05, 3.63) is 88.6 Å². The van der Waals surface area contributed by atoms with Gasteiger partial charge in [0.05, 0.1) is 38.4 Å². The van der Waals surface area contributed by atoms with Crippen molar-refractivity contribution in [1.29, 1.82) is 0 Å². The Balaban J connectivity index is 1.55. The summed E-state index contributed by atoms with van der Waals surface area (Å²) in [6.45, 7) is 0.412. The second-order valence-electron chi connectivity index (χ2n) is 7.19. The minimum absolute atomic E-state index is 0.132. The molecule has 2 N–H and O–H groups in total. The molecule has 2 amide bonds. The van der Waals surface area contributed by atoms with Gasteiger partial charge in [-0.15, -0.1) is 0 Å². The normalized spacial score (nSPS) is 10.6. The van der Waals surface area contributed by atoms with E-state index in [1.165, 1.54) is 11.8 Å². The van der Waals surface area contributed by atoms with Crippen LogP contribution in [0.2, 0.25) is 0 Å². The average molecular weight is 445 g/mol. The summed E-state index contributed by atoms with van der Waals surface area (Å²) in [5.74, 6) is 1.07. The number of nitrogens with one attached hydrogen (secondary N) is 2. The number of rotatable bonds is 7. The van der Waals surface area contributed by atoms with E-state index in [1.54, 1.807) is 49.8 Å². The van der Waals surface area contributed by atoms with Crippen molar-refractivity contribution in [1.82, 2.24) is 20.1 Å². The lowest BCUT2D eigenvalue weighted by molar-refractivity contribution is 0.251. The Kier molecular flexibility index (Phi) is 6.49. The first kappa shape index (κ1) is 21.8. The van der Waals surface area contributed by atoms with Crippen LogP contribution in [0.4, 0.5) is 10.5 Å². The quantitative estimate of drug-likeness (QED) is 0.452. The Morgan fingerprint density at radius 2 is 1.79 bits per heavy atom. The lowest BCUT2D eigenvalue weighted by Crippen LogP contribution is -2.31. The number of benzene rings is 2. The molecule has 2 heterocycles. The zero-order chi connectivity index (χ0) is 23.2. The van der Waals surface area contributed by atoms with E-state index < -0.39 is 6.03 Å². The fourth-order valence-corrected chi connectivity index (χ4v) is 3.46. The maximum absolute atomic E-state index is 12.9. The van der Waals surface area contributed by atoms with Gasteiger partial charge >= 0.3 is 6.03 Å². The zero-order valence-electron chi connectivity index (χ0n) is 18.2. The van der Waals surface area contributed by atoms with Crippen molar-refractivity contribution in [2.24, 2.45) is 0 Å². The van der Waals surface area contributed by atoms with E-state index in [1.807, 2.05) is 24.3 Å². The van der Waals surface area contributed by atoms with Gasteiger partial charge in [-0.2, -0.15) is 5.10 Å². The summed E-state index contributed by atoms with van der Waals surface area (Å²) in [7, 11) is 3.07. The van der Waals surface area contributed by atoms with E-state index in [2.05, 4.69) is 20.7 Å². The van der Waals surface area contributed by atoms with Gasteiger partial charge in [-0.1, -0.05) is 24.3 Å². The molecule has 33 heavy (non-hydrogen) atoms. The zero-order valence-corrected chi connectivity index (χ0v) is 18.2. The molecule has 0 spiro atoms. The number of aromatic nitrogens is 3. The van der Waals surface area contributed by atoms with Crippen LogP contribution < -0.4 is 25.7 Å². The third-order valence-electron chi connectivity index (χ3n) is 5.06. The highest BCUT2D eigenvalue weighted by Crippen LogP contribution is 2.29. The lowest BCUT2D eigenvalue weighted by atomic mass is 10.1. The molecule has 0 saturated carbocycles. The van der Waals surface area contributed by atoms with Crippen LogP contribution in [0, 0.1) is 0 Å². The highest BCUT2D eigenvalue weighted by atomic mass is 16.5. The Labute approximate surface area is 190 Å². The molecule has 9 nitrogen and oxygen atoms in total. The number of carbonyl (C=O) groups is 1. The fraction of sp³-hybridized carbons (Fsp3) is 0.167. The number of fused-ring (bicyclic) bond motifs is 1. The van der Waals surface area contributed by atoms with Crippen molar-refractivity contribution in [2.75, 3.05) is 19.5 Å². The summed E-state index contributed by atoms with van der Waals surface area (Å²) >= 11 is 0. The molecule has 168 valence electrons. The molecule has 0 fully saturated rings. The van der Waals surface area contributed by atoms with Crippen molar-refractivity contribution in [3.63, 3.8) is 0 Å². The maximum atomic E-state index is 12.9. The first-order valence-electron chi connectivity index (χ1n) is 10.2. The first-order chi connectivity index (χ1) is 16.1. The summed E-state index contributed by atoms with van der Waals surface area (Å²) in [6.07, 6.45) is 3.37. The minimum atomic E-state index is -0.418. The smallest absolute Gasteiger partial charge is 0.319 e. The monoisotopic (exact) mass is 445 g/mol. The highest BCUT2D eigenvalue weighted by molar-refractivity contribution is 5.90. The molecule has 4 rings (SSSR count). The van der Waals surface area contributed by atoms with Gasteiger partial charge in [0.1, 0.15) is 0 Å². The second kappa shape index (κ2) is 9.82. The predicted molar refractivity (Wildman–Crippen MR) is 125 cm³/mol. The van der Waals surface area contributed by atoms with Gasteiger partial charge in [0.2, 0.25) is 0 Å². The maximum Gasteiger partial charge on any atom is 0.319 e. The van der Waals surface area contributed by atoms with E-state index in [0.29, 0.717) is 33.7 Å². The van der Waals surface area contributed by atoms with Gasteiger partial charge in [0, 0.05) is 29.5 Å². The summed E-state index contributed by atoms with van der Waals surface area (Å²) < 4.78 is 11.9. The van der Waals surface area contributed by atoms with Crippen molar-refractivity contribution >= 4 is 22.5 Å². The van der Waals surface area contributed by atoms with E-state index >= 15 is 0 Å². The van der Waals surface area contributed by atoms with E-state index in [-0.39, 0.29) is 18.6 Å². The number of nitrogens with zero attached hydrogens (tertiary/aromatic N) is 3. The summed E-state index contributed by atoms with van der Waals surface area (Å²) in [5, 5.41) is 11.3. The van der Waals surface area contributed by atoms with E-state index in [0.717, 1.165) is 5.56 Å². The molecule has 0 bridgehead atoms. The van der Waals surface area contributed by atoms with Crippen LogP contribution in [0.15, 0.2) is 71.8 Å². The number of urea groups is 1. The number of hydrogen-bond donors (Lipinski definition) is 2. The molecule has 0 aliphatic rings. The largest absolute Gasteiger partial charge is 0.493 e.